The van der Waals surface area contributed by atoms with Gasteiger partial charge in [0.2, 0.25) is 11.8 Å². The van der Waals surface area contributed by atoms with Crippen LogP contribution >= 0.6 is 23.2 Å². The molecule has 40 heavy (non-hydrogen) atoms. The molecule has 1 heterocycles. The van der Waals surface area contributed by atoms with E-state index in [4.69, 9.17) is 27.9 Å². The number of imide groups is 1. The molecule has 1 aliphatic heterocycles. The fraction of sp³-hybridized carbons (Fsp3) is 0.156. The van der Waals surface area contributed by atoms with E-state index in [0.29, 0.717) is 22.3 Å². The minimum atomic E-state index is -1.30. The fourth-order valence-electron chi connectivity index (χ4n) is 6.54. The van der Waals surface area contributed by atoms with Gasteiger partial charge in [-0.15, -0.1) is 23.2 Å². The van der Waals surface area contributed by atoms with Crippen molar-refractivity contribution in [1.29, 1.82) is 0 Å². The molecule has 0 saturated carbocycles. The van der Waals surface area contributed by atoms with Crippen molar-refractivity contribution in [1.82, 2.24) is 0 Å². The van der Waals surface area contributed by atoms with Crippen LogP contribution < -0.4 is 4.90 Å². The smallest absolute Gasteiger partial charge is 0.338 e. The quantitative estimate of drug-likeness (QED) is 0.164. The Morgan fingerprint density at radius 1 is 0.750 bits per heavy atom. The number of carbonyl (C=O) groups is 3. The van der Waals surface area contributed by atoms with E-state index in [2.05, 4.69) is 0 Å². The lowest BCUT2D eigenvalue weighted by Gasteiger charge is -2.54. The molecule has 8 heteroatoms. The highest BCUT2D eigenvalue weighted by Gasteiger charge is 2.73. The Hall–Kier alpha value is -4.00. The van der Waals surface area contributed by atoms with Crippen molar-refractivity contribution in [2.45, 2.75) is 16.4 Å². The van der Waals surface area contributed by atoms with Crippen molar-refractivity contribution in [3.63, 3.8) is 0 Å². The Kier molecular flexibility index (Phi) is 5.47. The van der Waals surface area contributed by atoms with E-state index in [-0.39, 0.29) is 23.4 Å². The predicted molar refractivity (Wildman–Crippen MR) is 148 cm³/mol. The van der Waals surface area contributed by atoms with E-state index >= 15 is 0 Å². The van der Waals surface area contributed by atoms with Crippen molar-refractivity contribution >= 4 is 46.7 Å². The van der Waals surface area contributed by atoms with Crippen LogP contribution in [0.5, 0.6) is 0 Å². The lowest BCUT2D eigenvalue weighted by Crippen LogP contribution is -2.57. The van der Waals surface area contributed by atoms with Gasteiger partial charge in [0.1, 0.15) is 22.2 Å². The van der Waals surface area contributed by atoms with Crippen LogP contribution in [0.2, 0.25) is 0 Å². The first kappa shape index (κ1) is 25.0. The molecule has 1 saturated heterocycles. The Bertz CT molecular complexity index is 1630. The average molecular weight is 572 g/mol. The summed E-state index contributed by atoms with van der Waals surface area (Å²) in [6.45, 7) is -0.262. The molecule has 5 nitrogen and oxygen atoms in total. The van der Waals surface area contributed by atoms with E-state index in [0.717, 1.165) is 4.90 Å². The molecule has 0 radical (unpaired) electrons. The number of alkyl halides is 2. The van der Waals surface area contributed by atoms with Gasteiger partial charge in [-0.05, 0) is 46.5 Å². The van der Waals surface area contributed by atoms with Crippen LogP contribution in [0, 0.1) is 17.7 Å². The molecule has 2 amide bonds. The van der Waals surface area contributed by atoms with Crippen molar-refractivity contribution < 1.29 is 23.5 Å². The Balaban J connectivity index is 1.28. The van der Waals surface area contributed by atoms with E-state index in [9.17, 15) is 18.8 Å². The van der Waals surface area contributed by atoms with Gasteiger partial charge in [0.05, 0.1) is 23.1 Å². The SMILES string of the molecule is O=C(OCc1ccccc1F)c1cccc(N2C(=O)[C@@H]3[C@H](C2=O)C2(Cl)c4ccccc4C3(Cl)c3ccccc32)c1. The Labute approximate surface area is 239 Å². The molecule has 1 fully saturated rings. The molecule has 0 spiro atoms. The van der Waals surface area contributed by atoms with Crippen molar-refractivity contribution in [3.05, 3.63) is 136 Å². The monoisotopic (exact) mass is 571 g/mol. The minimum Gasteiger partial charge on any atom is -0.457 e. The predicted octanol–water partition coefficient (Wildman–Crippen LogP) is 6.28. The summed E-state index contributed by atoms with van der Waals surface area (Å²) >= 11 is 14.9. The van der Waals surface area contributed by atoms with Crippen LogP contribution in [0.25, 0.3) is 0 Å². The standard InChI is InChI=1S/C32H20Cl2FNO4/c33-31-21-11-2-3-12-22(21)32(34,24-14-5-4-13-23(24)31)27-26(31)28(37)36(29(27)38)20-10-7-9-18(16-20)30(39)40-17-19-8-1-6-15-25(19)35/h1-16,26-27H,17H2/t26-,27+,31?,32?. The molecule has 198 valence electrons. The van der Waals surface area contributed by atoms with E-state index in [1.807, 2.05) is 48.5 Å². The van der Waals surface area contributed by atoms with Crippen molar-refractivity contribution in [2.75, 3.05) is 4.90 Å². The summed E-state index contributed by atoms with van der Waals surface area (Å²) in [7, 11) is 0. The number of nitrogens with zero attached hydrogens (tertiary/aromatic N) is 1. The van der Waals surface area contributed by atoms with Crippen LogP contribution in [0.4, 0.5) is 10.1 Å². The van der Waals surface area contributed by atoms with Gasteiger partial charge < -0.3 is 4.74 Å². The van der Waals surface area contributed by atoms with E-state index < -0.39 is 45.2 Å². The number of benzene rings is 4. The number of ether oxygens (including phenoxy) is 1. The summed E-state index contributed by atoms with van der Waals surface area (Å²) in [4.78, 5) is 39.6. The molecule has 0 aromatic heterocycles. The van der Waals surface area contributed by atoms with Crippen LogP contribution in [0.1, 0.15) is 38.2 Å². The van der Waals surface area contributed by atoms with E-state index in [1.54, 1.807) is 24.3 Å². The van der Waals surface area contributed by atoms with Gasteiger partial charge in [0, 0.05) is 5.56 Å². The normalized spacial score (nSPS) is 25.8. The second kappa shape index (κ2) is 8.75. The number of esters is 1. The fourth-order valence-corrected chi connectivity index (χ4v) is 7.63. The maximum absolute atomic E-state index is 14.1. The number of amides is 2. The number of halogens is 3. The number of anilines is 1. The van der Waals surface area contributed by atoms with Crippen molar-refractivity contribution in [2.24, 2.45) is 11.8 Å². The number of hydrogen-bond acceptors (Lipinski definition) is 4. The van der Waals surface area contributed by atoms with Gasteiger partial charge in [-0.25, -0.2) is 14.1 Å². The highest BCUT2D eigenvalue weighted by atomic mass is 35.5. The van der Waals surface area contributed by atoms with Gasteiger partial charge in [-0.3, -0.25) is 9.59 Å². The molecular weight excluding hydrogens is 552 g/mol. The van der Waals surface area contributed by atoms with Crippen LogP contribution in [0.15, 0.2) is 97.1 Å². The summed E-state index contributed by atoms with van der Waals surface area (Å²) in [6, 6.07) is 26.9. The summed E-state index contributed by atoms with van der Waals surface area (Å²) in [5.41, 5.74) is 3.38. The van der Waals surface area contributed by atoms with Gasteiger partial charge in [-0.1, -0.05) is 72.8 Å². The zero-order valence-electron chi connectivity index (χ0n) is 20.8. The lowest BCUT2D eigenvalue weighted by atomic mass is 9.54. The number of carbonyl (C=O) groups excluding carboxylic acids is 3. The van der Waals surface area contributed by atoms with Crippen LogP contribution in [-0.4, -0.2) is 17.8 Å². The van der Waals surface area contributed by atoms with Crippen LogP contribution in [0.3, 0.4) is 0 Å². The molecule has 2 bridgehead atoms. The first-order valence-corrected chi connectivity index (χ1v) is 13.5. The van der Waals surface area contributed by atoms with Gasteiger partial charge >= 0.3 is 5.97 Å². The van der Waals surface area contributed by atoms with E-state index in [1.165, 1.54) is 24.3 Å². The van der Waals surface area contributed by atoms with Gasteiger partial charge in [-0.2, -0.15) is 0 Å². The maximum atomic E-state index is 14.1. The maximum Gasteiger partial charge on any atom is 0.338 e. The summed E-state index contributed by atoms with van der Waals surface area (Å²) < 4.78 is 19.3. The molecule has 0 N–H and O–H groups in total. The Morgan fingerprint density at radius 3 is 1.77 bits per heavy atom. The second-order valence-corrected chi connectivity index (χ2v) is 11.4. The molecule has 2 atom stereocenters. The second-order valence-electron chi connectivity index (χ2n) is 10.2. The number of hydrogen-bond donors (Lipinski definition) is 0. The topological polar surface area (TPSA) is 63.7 Å². The third kappa shape index (κ3) is 3.17. The largest absolute Gasteiger partial charge is 0.457 e. The minimum absolute atomic E-state index is 0.111. The third-order valence-corrected chi connectivity index (χ3v) is 9.53. The molecular formula is C32H20Cl2FNO4. The molecule has 3 aliphatic carbocycles. The average Bonchev–Trinajstić information content (AvgIpc) is 3.26. The Morgan fingerprint density at radius 2 is 1.25 bits per heavy atom. The first-order chi connectivity index (χ1) is 19.3. The number of rotatable bonds is 4. The lowest BCUT2D eigenvalue weighted by molar-refractivity contribution is -0.122. The molecule has 4 aromatic carbocycles. The molecule has 8 rings (SSSR count). The highest BCUT2D eigenvalue weighted by Crippen LogP contribution is 2.69. The van der Waals surface area contributed by atoms with Crippen LogP contribution in [-0.2, 0) is 30.7 Å². The molecule has 4 aromatic rings. The summed E-state index contributed by atoms with van der Waals surface area (Å²) in [5, 5.41) is 0. The van der Waals surface area contributed by atoms with Gasteiger partial charge in [0.15, 0.2) is 0 Å². The van der Waals surface area contributed by atoms with Gasteiger partial charge in [0.25, 0.3) is 0 Å². The van der Waals surface area contributed by atoms with Crippen molar-refractivity contribution in [3.8, 4) is 0 Å². The first-order valence-electron chi connectivity index (χ1n) is 12.7. The zero-order valence-corrected chi connectivity index (χ0v) is 22.3. The summed E-state index contributed by atoms with van der Waals surface area (Å²) in [5.74, 6) is -4.10. The molecule has 4 aliphatic rings. The zero-order chi connectivity index (χ0) is 27.8. The highest BCUT2D eigenvalue weighted by molar-refractivity contribution is 6.38. The third-order valence-electron chi connectivity index (χ3n) is 8.24. The molecule has 0 unspecified atom stereocenters. The summed E-state index contributed by atoms with van der Waals surface area (Å²) in [6.07, 6.45) is 0.